The van der Waals surface area contributed by atoms with Crippen molar-refractivity contribution >= 4 is 23.1 Å². The second-order valence-electron chi connectivity index (χ2n) is 7.96. The van der Waals surface area contributed by atoms with Crippen molar-refractivity contribution < 1.29 is 4.79 Å². The van der Waals surface area contributed by atoms with Gasteiger partial charge in [0.15, 0.2) is 0 Å². The highest BCUT2D eigenvalue weighted by Gasteiger charge is 2.27. The lowest BCUT2D eigenvalue weighted by Crippen LogP contribution is -2.39. The topological polar surface area (TPSA) is 60.2 Å². The Hall–Kier alpha value is -2.39. The van der Waals surface area contributed by atoms with Crippen LogP contribution in [0.4, 0.5) is 5.82 Å². The summed E-state index contributed by atoms with van der Waals surface area (Å²) in [5, 5.41) is 11.7. The van der Waals surface area contributed by atoms with E-state index < -0.39 is 0 Å². The number of amides is 1. The van der Waals surface area contributed by atoms with Gasteiger partial charge in [0.25, 0.3) is 0 Å². The number of thiophene rings is 1. The molecular weight excluding hydrogens is 368 g/mol. The Morgan fingerprint density at radius 2 is 2.11 bits per heavy atom. The second-order valence-corrected chi connectivity index (χ2v) is 8.96. The fraction of sp³-hybridized carbons (Fsp3) is 0.500. The van der Waals surface area contributed by atoms with Gasteiger partial charge in [-0.05, 0) is 67.7 Å². The summed E-state index contributed by atoms with van der Waals surface area (Å²) in [6.07, 6.45) is 3.58. The molecule has 0 saturated carbocycles. The molecule has 2 aromatic rings. The van der Waals surface area contributed by atoms with Gasteiger partial charge in [0.05, 0.1) is 5.56 Å². The zero-order valence-corrected chi connectivity index (χ0v) is 17.4. The largest absolute Gasteiger partial charge is 0.355 e. The number of aromatic nitrogens is 1. The fourth-order valence-corrected chi connectivity index (χ4v) is 5.26. The first-order chi connectivity index (χ1) is 13.5. The van der Waals surface area contributed by atoms with Gasteiger partial charge in [-0.15, -0.1) is 11.3 Å². The summed E-state index contributed by atoms with van der Waals surface area (Å²) < 4.78 is 0. The summed E-state index contributed by atoms with van der Waals surface area (Å²) in [5.74, 6) is 1.52. The van der Waals surface area contributed by atoms with Crippen molar-refractivity contribution in [2.24, 2.45) is 5.92 Å². The maximum absolute atomic E-state index is 12.8. The molecule has 0 aromatic carbocycles. The van der Waals surface area contributed by atoms with E-state index in [4.69, 9.17) is 0 Å². The third-order valence-corrected chi connectivity index (χ3v) is 7.00. The van der Waals surface area contributed by atoms with Crippen LogP contribution >= 0.6 is 11.3 Å². The van der Waals surface area contributed by atoms with Crippen molar-refractivity contribution in [3.63, 3.8) is 0 Å². The predicted octanol–water partition coefficient (Wildman–Crippen LogP) is 3.82. The Labute approximate surface area is 170 Å². The molecule has 2 aliphatic heterocycles. The maximum atomic E-state index is 12.8. The number of nitriles is 1. The summed E-state index contributed by atoms with van der Waals surface area (Å²) in [5.41, 5.74) is 3.94. The zero-order chi connectivity index (χ0) is 19.7. The molecule has 0 atom stereocenters. The van der Waals surface area contributed by atoms with Gasteiger partial charge in [-0.2, -0.15) is 5.26 Å². The van der Waals surface area contributed by atoms with Crippen LogP contribution in [-0.4, -0.2) is 35.4 Å². The number of pyridine rings is 1. The SMILES string of the molecule is Cc1cc(C)c(C#N)c(N2CCC(CC(=O)N3CCc4sccc4C3)CC2)n1. The van der Waals surface area contributed by atoms with E-state index in [9.17, 15) is 10.1 Å². The predicted molar refractivity (Wildman–Crippen MR) is 111 cm³/mol. The van der Waals surface area contributed by atoms with Crippen LogP contribution in [0.2, 0.25) is 0 Å². The standard InChI is InChI=1S/C22H26N4OS/c1-15-11-16(2)24-22(19(15)13-23)25-7-3-17(4-8-25)12-21(27)26-9-5-20-18(14-26)6-10-28-20/h6,10-11,17H,3-5,7-9,12,14H2,1-2H3. The molecule has 0 unspecified atom stereocenters. The molecule has 0 N–H and O–H groups in total. The molecular formula is C22H26N4OS. The van der Waals surface area contributed by atoms with Crippen LogP contribution < -0.4 is 4.90 Å². The number of rotatable bonds is 3. The van der Waals surface area contributed by atoms with Gasteiger partial charge in [0.2, 0.25) is 5.91 Å². The van der Waals surface area contributed by atoms with E-state index in [1.807, 2.05) is 24.8 Å². The number of piperidine rings is 1. The van der Waals surface area contributed by atoms with Gasteiger partial charge < -0.3 is 9.80 Å². The van der Waals surface area contributed by atoms with Crippen LogP contribution in [0.1, 0.15) is 46.5 Å². The minimum Gasteiger partial charge on any atom is -0.355 e. The Kier molecular flexibility index (Phi) is 5.36. The van der Waals surface area contributed by atoms with Gasteiger partial charge in [-0.3, -0.25) is 4.79 Å². The lowest BCUT2D eigenvalue weighted by Gasteiger charge is -2.35. The average molecular weight is 395 g/mol. The molecule has 4 heterocycles. The number of nitrogens with zero attached hydrogens (tertiary/aromatic N) is 4. The first-order valence-electron chi connectivity index (χ1n) is 10.0. The number of carbonyl (C=O) groups is 1. The van der Waals surface area contributed by atoms with E-state index in [0.717, 1.165) is 62.5 Å². The Balaban J connectivity index is 1.35. The fourth-order valence-electron chi connectivity index (χ4n) is 4.37. The van der Waals surface area contributed by atoms with Crippen LogP contribution in [0.5, 0.6) is 0 Å². The van der Waals surface area contributed by atoms with Gasteiger partial charge in [-0.1, -0.05) is 0 Å². The van der Waals surface area contributed by atoms with Gasteiger partial charge in [-0.25, -0.2) is 4.98 Å². The molecule has 4 rings (SSSR count). The second kappa shape index (κ2) is 7.92. The van der Waals surface area contributed by atoms with E-state index in [1.165, 1.54) is 10.4 Å². The number of anilines is 1. The highest BCUT2D eigenvalue weighted by Crippen LogP contribution is 2.30. The summed E-state index contributed by atoms with van der Waals surface area (Å²) in [6.45, 7) is 7.28. The molecule has 28 heavy (non-hydrogen) atoms. The summed E-state index contributed by atoms with van der Waals surface area (Å²) in [6, 6.07) is 6.43. The molecule has 0 aliphatic carbocycles. The van der Waals surface area contributed by atoms with Crippen LogP contribution in [-0.2, 0) is 17.8 Å². The lowest BCUT2D eigenvalue weighted by atomic mass is 9.92. The van der Waals surface area contributed by atoms with E-state index in [1.54, 1.807) is 11.3 Å². The molecule has 2 aromatic heterocycles. The van der Waals surface area contributed by atoms with Crippen molar-refractivity contribution in [2.45, 2.75) is 46.1 Å². The van der Waals surface area contributed by atoms with Crippen molar-refractivity contribution in [3.8, 4) is 6.07 Å². The summed E-state index contributed by atoms with van der Waals surface area (Å²) in [7, 11) is 0. The van der Waals surface area contributed by atoms with E-state index in [2.05, 4.69) is 27.4 Å². The molecule has 0 radical (unpaired) electrons. The lowest BCUT2D eigenvalue weighted by molar-refractivity contribution is -0.133. The molecule has 0 spiro atoms. The first kappa shape index (κ1) is 18.9. The molecule has 1 saturated heterocycles. The smallest absolute Gasteiger partial charge is 0.223 e. The minimum atomic E-state index is 0.289. The van der Waals surface area contributed by atoms with Crippen LogP contribution in [0, 0.1) is 31.1 Å². The normalized spacial score (nSPS) is 17.3. The van der Waals surface area contributed by atoms with E-state index in [-0.39, 0.29) is 5.91 Å². The minimum absolute atomic E-state index is 0.289. The molecule has 5 nitrogen and oxygen atoms in total. The molecule has 1 fully saturated rings. The van der Waals surface area contributed by atoms with Crippen LogP contribution in [0.25, 0.3) is 0 Å². The Morgan fingerprint density at radius 1 is 1.32 bits per heavy atom. The number of aryl methyl sites for hydroxylation is 2. The highest BCUT2D eigenvalue weighted by molar-refractivity contribution is 7.10. The van der Waals surface area contributed by atoms with Crippen LogP contribution in [0.3, 0.4) is 0 Å². The van der Waals surface area contributed by atoms with E-state index >= 15 is 0 Å². The third-order valence-electron chi connectivity index (χ3n) is 5.98. The summed E-state index contributed by atoms with van der Waals surface area (Å²) >= 11 is 1.81. The van der Waals surface area contributed by atoms with Crippen molar-refractivity contribution in [1.82, 2.24) is 9.88 Å². The quantitative estimate of drug-likeness (QED) is 0.794. The first-order valence-corrected chi connectivity index (χ1v) is 10.9. The molecule has 0 bridgehead atoms. The third kappa shape index (κ3) is 3.77. The Morgan fingerprint density at radius 3 is 2.86 bits per heavy atom. The van der Waals surface area contributed by atoms with Crippen LogP contribution in [0.15, 0.2) is 17.5 Å². The number of carbonyl (C=O) groups excluding carboxylic acids is 1. The average Bonchev–Trinajstić information content (AvgIpc) is 3.16. The number of fused-ring (bicyclic) bond motifs is 1. The van der Waals surface area contributed by atoms with Gasteiger partial charge >= 0.3 is 0 Å². The van der Waals surface area contributed by atoms with Gasteiger partial charge in [0.1, 0.15) is 11.9 Å². The number of hydrogen-bond acceptors (Lipinski definition) is 5. The van der Waals surface area contributed by atoms with Gasteiger partial charge in [0, 0.05) is 43.2 Å². The van der Waals surface area contributed by atoms with Crippen molar-refractivity contribution in [2.75, 3.05) is 24.5 Å². The highest BCUT2D eigenvalue weighted by atomic mass is 32.1. The zero-order valence-electron chi connectivity index (χ0n) is 16.6. The van der Waals surface area contributed by atoms with Crippen molar-refractivity contribution in [3.05, 3.63) is 44.8 Å². The molecule has 1 amide bonds. The molecule has 6 heteroatoms. The molecule has 146 valence electrons. The maximum Gasteiger partial charge on any atom is 0.223 e. The summed E-state index contributed by atoms with van der Waals surface area (Å²) in [4.78, 5) is 23.1. The monoisotopic (exact) mass is 394 g/mol. The molecule has 2 aliphatic rings. The van der Waals surface area contributed by atoms with Crippen molar-refractivity contribution in [1.29, 1.82) is 5.26 Å². The van der Waals surface area contributed by atoms with E-state index in [0.29, 0.717) is 17.9 Å². The number of hydrogen-bond donors (Lipinski definition) is 0. The Bertz CT molecular complexity index is 921.